The smallest absolute Gasteiger partial charge is 0.410 e. The van der Waals surface area contributed by atoms with Crippen LogP contribution in [-0.2, 0) is 14.3 Å². The first-order valence-electron chi connectivity index (χ1n) is 12.1. The van der Waals surface area contributed by atoms with E-state index in [0.29, 0.717) is 37.4 Å². The summed E-state index contributed by atoms with van der Waals surface area (Å²) in [6.45, 7) is 6.48. The zero-order chi connectivity index (χ0) is 27.5. The van der Waals surface area contributed by atoms with Crippen LogP contribution >= 0.6 is 23.2 Å². The number of carbonyl (C=O) groups is 3. The number of nitrogens with zero attached hydrogens (tertiary/aromatic N) is 3. The van der Waals surface area contributed by atoms with Crippen LogP contribution in [0.25, 0.3) is 0 Å². The van der Waals surface area contributed by atoms with E-state index >= 15 is 0 Å². The molecule has 204 valence electrons. The van der Waals surface area contributed by atoms with Crippen molar-refractivity contribution in [3.63, 3.8) is 0 Å². The van der Waals surface area contributed by atoms with Crippen LogP contribution in [0.1, 0.15) is 40.0 Å². The molecule has 38 heavy (non-hydrogen) atoms. The first-order valence-corrected chi connectivity index (χ1v) is 12.9. The molecule has 2 aliphatic rings. The van der Waals surface area contributed by atoms with Crippen molar-refractivity contribution in [2.45, 2.75) is 51.7 Å². The molecule has 0 radical (unpaired) electrons. The molecule has 2 aliphatic heterocycles. The maximum absolute atomic E-state index is 12.6. The molecular weight excluding hydrogens is 537 g/mol. The molecule has 3 amide bonds. The van der Waals surface area contributed by atoms with Crippen LogP contribution in [0.4, 0.5) is 15.3 Å². The summed E-state index contributed by atoms with van der Waals surface area (Å²) >= 11 is 12.0. The quantitative estimate of drug-likeness (QED) is 0.482. The Bertz CT molecular complexity index is 1200. The molecule has 0 saturated carbocycles. The summed E-state index contributed by atoms with van der Waals surface area (Å²) in [5.41, 5.74) is -0.595. The predicted molar refractivity (Wildman–Crippen MR) is 140 cm³/mol. The van der Waals surface area contributed by atoms with Gasteiger partial charge in [-0.25, -0.2) is 9.59 Å². The molecule has 2 N–H and O–H groups in total. The van der Waals surface area contributed by atoms with Gasteiger partial charge in [0.05, 0.1) is 18.0 Å². The van der Waals surface area contributed by atoms with Crippen molar-refractivity contribution in [3.8, 4) is 11.6 Å². The molecule has 1 unspecified atom stereocenters. The van der Waals surface area contributed by atoms with Gasteiger partial charge in [0, 0.05) is 30.3 Å². The van der Waals surface area contributed by atoms with Gasteiger partial charge >= 0.3 is 18.1 Å². The molecule has 2 aromatic rings. The van der Waals surface area contributed by atoms with Gasteiger partial charge in [-0.2, -0.15) is 0 Å². The van der Waals surface area contributed by atoms with E-state index in [4.69, 9.17) is 37.4 Å². The molecule has 3 heterocycles. The van der Waals surface area contributed by atoms with E-state index in [1.165, 1.54) is 12.1 Å². The zero-order valence-electron chi connectivity index (χ0n) is 21.3. The number of halogens is 2. The van der Waals surface area contributed by atoms with E-state index in [-0.39, 0.29) is 41.1 Å². The lowest BCUT2D eigenvalue weighted by Crippen LogP contribution is -2.50. The SMILES string of the molecule is CC(C)(C)OC(=O)N1CCC2(CC1)CC(=O)OC2CNC(=O)Nc1ccc(Oc2ccc(Cl)nn2)c(Cl)c1. The molecule has 2 fully saturated rings. The Morgan fingerprint density at radius 3 is 2.53 bits per heavy atom. The molecule has 1 atom stereocenters. The number of hydrogen-bond donors (Lipinski definition) is 2. The highest BCUT2D eigenvalue weighted by Crippen LogP contribution is 2.44. The number of rotatable bonds is 5. The van der Waals surface area contributed by atoms with Gasteiger partial charge in [-0.05, 0) is 57.9 Å². The van der Waals surface area contributed by atoms with Crippen molar-refractivity contribution < 1.29 is 28.6 Å². The number of piperidine rings is 1. The van der Waals surface area contributed by atoms with E-state index < -0.39 is 23.2 Å². The highest BCUT2D eigenvalue weighted by molar-refractivity contribution is 6.32. The molecule has 1 spiro atoms. The van der Waals surface area contributed by atoms with Crippen molar-refractivity contribution in [2.24, 2.45) is 5.41 Å². The molecule has 1 aromatic carbocycles. The maximum Gasteiger partial charge on any atom is 0.410 e. The summed E-state index contributed by atoms with van der Waals surface area (Å²) in [5, 5.41) is 13.5. The minimum absolute atomic E-state index is 0.133. The van der Waals surface area contributed by atoms with Crippen LogP contribution in [0.15, 0.2) is 30.3 Å². The minimum atomic E-state index is -0.582. The minimum Gasteiger partial charge on any atom is -0.460 e. The highest BCUT2D eigenvalue weighted by atomic mass is 35.5. The van der Waals surface area contributed by atoms with Gasteiger partial charge in [0.2, 0.25) is 5.88 Å². The van der Waals surface area contributed by atoms with Crippen LogP contribution in [0.5, 0.6) is 11.6 Å². The second kappa shape index (κ2) is 11.2. The number of amides is 3. The first-order chi connectivity index (χ1) is 17.9. The van der Waals surface area contributed by atoms with E-state index in [2.05, 4.69) is 20.8 Å². The average Bonchev–Trinajstić information content (AvgIpc) is 3.14. The van der Waals surface area contributed by atoms with Crippen molar-refractivity contribution >= 4 is 47.0 Å². The van der Waals surface area contributed by atoms with Crippen LogP contribution in [0, 0.1) is 5.41 Å². The fourth-order valence-electron chi connectivity index (χ4n) is 4.44. The lowest BCUT2D eigenvalue weighted by atomic mass is 9.73. The van der Waals surface area contributed by atoms with Gasteiger partial charge in [0.1, 0.15) is 17.5 Å². The van der Waals surface area contributed by atoms with Gasteiger partial charge < -0.3 is 29.7 Å². The number of anilines is 1. The number of ether oxygens (including phenoxy) is 3. The van der Waals surface area contributed by atoms with Crippen LogP contribution in [0.3, 0.4) is 0 Å². The fraction of sp³-hybridized carbons (Fsp3) is 0.480. The number of likely N-dealkylation sites (tertiary alicyclic amines) is 1. The van der Waals surface area contributed by atoms with Crippen LogP contribution < -0.4 is 15.4 Å². The molecule has 13 heteroatoms. The van der Waals surface area contributed by atoms with Gasteiger partial charge in [-0.15, -0.1) is 10.2 Å². The number of nitrogens with one attached hydrogen (secondary N) is 2. The van der Waals surface area contributed by atoms with Gasteiger partial charge in [0.25, 0.3) is 0 Å². The molecule has 0 aliphatic carbocycles. The monoisotopic (exact) mass is 565 g/mol. The van der Waals surface area contributed by atoms with E-state index in [9.17, 15) is 14.4 Å². The average molecular weight is 566 g/mol. The Morgan fingerprint density at radius 1 is 1.16 bits per heavy atom. The van der Waals surface area contributed by atoms with E-state index in [1.54, 1.807) is 23.1 Å². The predicted octanol–water partition coefficient (Wildman–Crippen LogP) is 5.03. The Balaban J connectivity index is 1.30. The standard InChI is InChI=1S/C25H29Cl2N5O6/c1-24(2,3)38-23(35)32-10-8-25(9-11-32)13-21(33)37-18(25)14-28-22(34)29-15-4-5-17(16(26)12-15)36-20-7-6-19(27)30-31-20/h4-7,12,18H,8-11,13-14H2,1-3H3,(H2,28,29,34). The normalized spacial score (nSPS) is 18.6. The lowest BCUT2D eigenvalue weighted by molar-refractivity contribution is -0.141. The second-order valence-electron chi connectivity index (χ2n) is 10.3. The van der Waals surface area contributed by atoms with Crippen molar-refractivity contribution in [1.82, 2.24) is 20.4 Å². The topological polar surface area (TPSA) is 132 Å². The van der Waals surface area contributed by atoms with Gasteiger partial charge in [-0.1, -0.05) is 23.2 Å². The summed E-state index contributed by atoms with van der Waals surface area (Å²) in [5.74, 6) is 0.231. The number of benzene rings is 1. The highest BCUT2D eigenvalue weighted by Gasteiger charge is 2.51. The lowest BCUT2D eigenvalue weighted by Gasteiger charge is -2.41. The van der Waals surface area contributed by atoms with Crippen molar-refractivity contribution in [2.75, 3.05) is 25.0 Å². The molecule has 1 aromatic heterocycles. The molecular formula is C25H29Cl2N5O6. The largest absolute Gasteiger partial charge is 0.460 e. The number of cyclic esters (lactones) is 1. The Morgan fingerprint density at radius 2 is 1.89 bits per heavy atom. The fourth-order valence-corrected chi connectivity index (χ4v) is 4.76. The third-order valence-corrected chi connectivity index (χ3v) is 6.82. The first kappa shape index (κ1) is 27.7. The number of urea groups is 1. The third kappa shape index (κ3) is 6.96. The molecule has 11 nitrogen and oxygen atoms in total. The summed E-state index contributed by atoms with van der Waals surface area (Å²) in [6.07, 6.45) is 0.518. The summed E-state index contributed by atoms with van der Waals surface area (Å²) in [4.78, 5) is 38.8. The maximum atomic E-state index is 12.6. The molecule has 4 rings (SSSR count). The van der Waals surface area contributed by atoms with Crippen molar-refractivity contribution in [1.29, 1.82) is 0 Å². The van der Waals surface area contributed by atoms with Gasteiger partial charge in [-0.3, -0.25) is 4.79 Å². The van der Waals surface area contributed by atoms with E-state index in [1.807, 2.05) is 20.8 Å². The van der Waals surface area contributed by atoms with E-state index in [0.717, 1.165) is 0 Å². The van der Waals surface area contributed by atoms with Crippen molar-refractivity contribution in [3.05, 3.63) is 40.5 Å². The number of esters is 1. The Labute approximate surface area is 230 Å². The van der Waals surface area contributed by atoms with Gasteiger partial charge in [0.15, 0.2) is 5.15 Å². The molecule has 2 saturated heterocycles. The summed E-state index contributed by atoms with van der Waals surface area (Å²) < 4.78 is 16.6. The summed E-state index contributed by atoms with van der Waals surface area (Å²) in [6, 6.07) is 7.34. The van der Waals surface area contributed by atoms with Crippen LogP contribution in [0.2, 0.25) is 10.2 Å². The van der Waals surface area contributed by atoms with Crippen LogP contribution in [-0.4, -0.2) is 64.5 Å². The number of hydrogen-bond acceptors (Lipinski definition) is 8. The second-order valence-corrected chi connectivity index (χ2v) is 11.1. The number of carbonyl (C=O) groups excluding carboxylic acids is 3. The summed E-state index contributed by atoms with van der Waals surface area (Å²) in [7, 11) is 0. The molecule has 0 bridgehead atoms. The Hall–Kier alpha value is -3.31. The Kier molecular flexibility index (Phi) is 8.17. The zero-order valence-corrected chi connectivity index (χ0v) is 22.8. The third-order valence-electron chi connectivity index (χ3n) is 6.32. The number of aromatic nitrogens is 2.